The van der Waals surface area contributed by atoms with E-state index < -0.39 is 29.3 Å². The van der Waals surface area contributed by atoms with Gasteiger partial charge in [0, 0.05) is 0 Å². The summed E-state index contributed by atoms with van der Waals surface area (Å²) in [5.41, 5.74) is -1.26. The molecular weight excluding hydrogens is 481 g/mol. The van der Waals surface area contributed by atoms with Gasteiger partial charge in [-0.25, -0.2) is 4.79 Å². The molecule has 0 N–H and O–H groups in total. The highest BCUT2D eigenvalue weighted by Gasteiger charge is 2.46. The summed E-state index contributed by atoms with van der Waals surface area (Å²) in [6.07, 6.45) is -3.73. The summed E-state index contributed by atoms with van der Waals surface area (Å²) in [6, 6.07) is 9.98. The highest BCUT2D eigenvalue weighted by Crippen LogP contribution is 2.34. The van der Waals surface area contributed by atoms with Gasteiger partial charge in [-0.3, -0.25) is 4.79 Å². The number of carbonyl (C=O) groups excluding carboxylic acids is 2. The van der Waals surface area contributed by atoms with Gasteiger partial charge in [0.25, 0.3) is 5.91 Å². The van der Waals surface area contributed by atoms with E-state index in [9.17, 15) is 22.8 Å². The van der Waals surface area contributed by atoms with Crippen LogP contribution < -0.4 is 9.75 Å². The Bertz CT molecular complexity index is 1080. The average molecular weight is 497 g/mol. The number of rotatable bonds is 5. The lowest BCUT2D eigenvalue weighted by atomic mass is 10.1. The molecule has 6 nitrogen and oxygen atoms in total. The molecule has 1 heterocycles. The van der Waals surface area contributed by atoms with E-state index in [1.807, 2.05) is 0 Å². The van der Waals surface area contributed by atoms with Crippen LogP contribution in [0.1, 0.15) is 22.8 Å². The standard InChI is InChI=1S/C21H16BrF3N2O4/c1-3-31-20(29)13-5-7-14(8-6-13)27-19(28)15(18(26-27)21(23,24)25)10-12-4-9-17(30-2)16(22)11-12/h4-11H,3H2,1-2H3/b15-10+. The Morgan fingerprint density at radius 2 is 1.87 bits per heavy atom. The van der Waals surface area contributed by atoms with Crippen LogP contribution in [0.2, 0.25) is 0 Å². The fourth-order valence-corrected chi connectivity index (χ4v) is 3.38. The van der Waals surface area contributed by atoms with E-state index in [1.165, 1.54) is 43.5 Å². The maximum atomic E-state index is 13.6. The second-order valence-corrected chi connectivity index (χ2v) is 7.14. The number of ether oxygens (including phenoxy) is 2. The van der Waals surface area contributed by atoms with Gasteiger partial charge >= 0.3 is 12.1 Å². The van der Waals surface area contributed by atoms with Gasteiger partial charge in [0.05, 0.1) is 35.0 Å². The Labute approximate surface area is 184 Å². The lowest BCUT2D eigenvalue weighted by Crippen LogP contribution is -2.25. The predicted octanol–water partition coefficient (Wildman–Crippen LogP) is 4.98. The van der Waals surface area contributed by atoms with E-state index in [4.69, 9.17) is 9.47 Å². The summed E-state index contributed by atoms with van der Waals surface area (Å²) in [6.45, 7) is 1.83. The Morgan fingerprint density at radius 3 is 2.42 bits per heavy atom. The average Bonchev–Trinajstić information content (AvgIpc) is 3.05. The fraction of sp³-hybridized carbons (Fsp3) is 0.190. The van der Waals surface area contributed by atoms with Gasteiger partial charge in [0.15, 0.2) is 5.71 Å². The molecule has 0 spiro atoms. The molecule has 0 aliphatic carbocycles. The number of amides is 1. The molecule has 0 fully saturated rings. The second kappa shape index (κ2) is 8.93. The van der Waals surface area contributed by atoms with Crippen LogP contribution in [-0.4, -0.2) is 37.5 Å². The Hall–Kier alpha value is -3.14. The zero-order valence-corrected chi connectivity index (χ0v) is 18.0. The number of alkyl halides is 3. The lowest BCUT2D eigenvalue weighted by molar-refractivity contribution is -0.114. The van der Waals surface area contributed by atoms with Crippen LogP contribution >= 0.6 is 15.9 Å². The van der Waals surface area contributed by atoms with Crippen molar-refractivity contribution < 1.29 is 32.2 Å². The summed E-state index contributed by atoms with van der Waals surface area (Å²) in [5.74, 6) is -1.02. The molecule has 1 amide bonds. The van der Waals surface area contributed by atoms with Crippen LogP contribution in [0, 0.1) is 0 Å². The number of hydrogen-bond acceptors (Lipinski definition) is 5. The van der Waals surface area contributed by atoms with E-state index in [0.717, 1.165) is 6.08 Å². The van der Waals surface area contributed by atoms with Gasteiger partial charge in [0.1, 0.15) is 5.75 Å². The van der Waals surface area contributed by atoms with Crippen molar-refractivity contribution in [2.75, 3.05) is 18.7 Å². The molecule has 162 valence electrons. The van der Waals surface area contributed by atoms with Crippen molar-refractivity contribution in [3.63, 3.8) is 0 Å². The zero-order chi connectivity index (χ0) is 22.8. The molecule has 0 radical (unpaired) electrons. The first-order valence-electron chi connectivity index (χ1n) is 8.98. The summed E-state index contributed by atoms with van der Waals surface area (Å²) >= 11 is 3.26. The van der Waals surface area contributed by atoms with Gasteiger partial charge in [-0.2, -0.15) is 23.3 Å². The Balaban J connectivity index is 1.98. The molecule has 2 aromatic carbocycles. The third kappa shape index (κ3) is 4.79. The number of benzene rings is 2. The molecule has 0 saturated carbocycles. The van der Waals surface area contributed by atoms with E-state index in [-0.39, 0.29) is 17.9 Å². The quantitative estimate of drug-likeness (QED) is 0.432. The van der Waals surface area contributed by atoms with Crippen LogP contribution in [0.25, 0.3) is 6.08 Å². The number of methoxy groups -OCH3 is 1. The minimum Gasteiger partial charge on any atom is -0.496 e. The van der Waals surface area contributed by atoms with Gasteiger partial charge in [-0.15, -0.1) is 0 Å². The summed E-state index contributed by atoms with van der Waals surface area (Å²) in [5, 5.41) is 4.16. The number of hydrazone groups is 1. The van der Waals surface area contributed by atoms with Gasteiger partial charge in [-0.05, 0) is 70.9 Å². The zero-order valence-electron chi connectivity index (χ0n) is 16.4. The van der Waals surface area contributed by atoms with Crippen molar-refractivity contribution in [3.8, 4) is 5.75 Å². The number of hydrogen-bond donors (Lipinski definition) is 0. The topological polar surface area (TPSA) is 68.2 Å². The van der Waals surface area contributed by atoms with Gasteiger partial charge < -0.3 is 9.47 Å². The number of halogens is 4. The second-order valence-electron chi connectivity index (χ2n) is 6.28. The first-order chi connectivity index (χ1) is 14.7. The van der Waals surface area contributed by atoms with Crippen LogP contribution in [0.5, 0.6) is 5.75 Å². The smallest absolute Gasteiger partial charge is 0.435 e. The molecule has 0 bridgehead atoms. The van der Waals surface area contributed by atoms with Crippen LogP contribution in [0.3, 0.4) is 0 Å². The normalized spacial score (nSPS) is 15.3. The monoisotopic (exact) mass is 496 g/mol. The van der Waals surface area contributed by atoms with Crippen molar-refractivity contribution in [2.45, 2.75) is 13.1 Å². The highest BCUT2D eigenvalue weighted by atomic mass is 79.9. The third-order valence-corrected chi connectivity index (χ3v) is 4.88. The van der Waals surface area contributed by atoms with Crippen LogP contribution in [0.15, 0.2) is 57.6 Å². The molecule has 10 heteroatoms. The molecule has 3 rings (SSSR count). The van der Waals surface area contributed by atoms with E-state index >= 15 is 0 Å². The minimum absolute atomic E-state index is 0.0825. The number of carbonyl (C=O) groups is 2. The lowest BCUT2D eigenvalue weighted by Gasteiger charge is -2.12. The Kier molecular flexibility index (Phi) is 6.49. The maximum absolute atomic E-state index is 13.6. The first-order valence-corrected chi connectivity index (χ1v) is 9.78. The van der Waals surface area contributed by atoms with E-state index in [1.54, 1.807) is 13.0 Å². The maximum Gasteiger partial charge on any atom is 0.435 e. The summed E-state index contributed by atoms with van der Waals surface area (Å²) < 4.78 is 51.3. The van der Waals surface area contributed by atoms with Crippen LogP contribution in [-0.2, 0) is 9.53 Å². The van der Waals surface area contributed by atoms with Crippen molar-refractivity contribution in [3.05, 3.63) is 63.6 Å². The van der Waals surface area contributed by atoms with Gasteiger partial charge in [-0.1, -0.05) is 6.07 Å². The SMILES string of the molecule is CCOC(=O)c1ccc(N2N=C(C(F)(F)F)/C(=C\c3ccc(OC)c(Br)c3)C2=O)cc1. The third-order valence-electron chi connectivity index (χ3n) is 4.26. The molecule has 1 aliphatic rings. The summed E-state index contributed by atoms with van der Waals surface area (Å²) in [4.78, 5) is 24.6. The summed E-state index contributed by atoms with van der Waals surface area (Å²) in [7, 11) is 1.46. The van der Waals surface area contributed by atoms with Crippen molar-refractivity contribution >= 4 is 45.3 Å². The molecule has 0 atom stereocenters. The molecular formula is C21H16BrF3N2O4. The fourth-order valence-electron chi connectivity index (χ4n) is 2.82. The largest absolute Gasteiger partial charge is 0.496 e. The predicted molar refractivity (Wildman–Crippen MR) is 112 cm³/mol. The van der Waals surface area contributed by atoms with Gasteiger partial charge in [0.2, 0.25) is 0 Å². The minimum atomic E-state index is -4.84. The molecule has 0 unspecified atom stereocenters. The van der Waals surface area contributed by atoms with Crippen LogP contribution in [0.4, 0.5) is 18.9 Å². The molecule has 1 aliphatic heterocycles. The molecule has 31 heavy (non-hydrogen) atoms. The number of nitrogens with zero attached hydrogens (tertiary/aromatic N) is 2. The molecule has 2 aromatic rings. The van der Waals surface area contributed by atoms with Crippen molar-refractivity contribution in [1.29, 1.82) is 0 Å². The van der Waals surface area contributed by atoms with E-state index in [0.29, 0.717) is 20.8 Å². The first kappa shape index (κ1) is 22.5. The highest BCUT2D eigenvalue weighted by molar-refractivity contribution is 9.10. The van der Waals surface area contributed by atoms with E-state index in [2.05, 4.69) is 21.0 Å². The molecule has 0 aromatic heterocycles. The number of anilines is 1. The number of esters is 1. The Morgan fingerprint density at radius 1 is 1.19 bits per heavy atom. The van der Waals surface area contributed by atoms with Crippen molar-refractivity contribution in [2.24, 2.45) is 5.10 Å². The van der Waals surface area contributed by atoms with Crippen molar-refractivity contribution in [1.82, 2.24) is 0 Å². The molecule has 0 saturated heterocycles.